The molecule has 0 saturated heterocycles. The van der Waals surface area contributed by atoms with Crippen molar-refractivity contribution in [2.45, 2.75) is 13.0 Å². The van der Waals surface area contributed by atoms with Gasteiger partial charge >= 0.3 is 5.97 Å². The van der Waals surface area contributed by atoms with E-state index in [1.807, 2.05) is 72.7 Å². The highest BCUT2D eigenvalue weighted by molar-refractivity contribution is 5.95. The van der Waals surface area contributed by atoms with Gasteiger partial charge in [-0.1, -0.05) is 36.4 Å². The van der Waals surface area contributed by atoms with Crippen LogP contribution in [0.15, 0.2) is 60.8 Å². The standard InChI is InChI=1S/C21H23N3O3/c1-24(13-15-5-3-2-4-6-15)14-17(21(26)27)11-20(25)23-18-8-7-16-9-10-22-19(16)12-18/h2-10,12,17,22H,11,13-14H2,1H3,(H,23,25)(H,26,27). The van der Waals surface area contributed by atoms with Crippen molar-refractivity contribution in [3.63, 3.8) is 0 Å². The van der Waals surface area contributed by atoms with Crippen LogP contribution in [0.1, 0.15) is 12.0 Å². The predicted molar refractivity (Wildman–Crippen MR) is 105 cm³/mol. The molecule has 0 aliphatic rings. The van der Waals surface area contributed by atoms with Crippen LogP contribution < -0.4 is 5.32 Å². The van der Waals surface area contributed by atoms with Crippen LogP contribution in [0.25, 0.3) is 10.9 Å². The van der Waals surface area contributed by atoms with Gasteiger partial charge in [0.25, 0.3) is 0 Å². The molecule has 140 valence electrons. The Morgan fingerprint density at radius 1 is 1.15 bits per heavy atom. The third-order valence-electron chi connectivity index (χ3n) is 4.45. The van der Waals surface area contributed by atoms with Gasteiger partial charge in [0.1, 0.15) is 0 Å². The van der Waals surface area contributed by atoms with E-state index in [0.29, 0.717) is 18.8 Å². The molecule has 0 saturated carbocycles. The molecule has 0 spiro atoms. The summed E-state index contributed by atoms with van der Waals surface area (Å²) in [6, 6.07) is 17.3. The molecule has 1 unspecified atom stereocenters. The lowest BCUT2D eigenvalue weighted by molar-refractivity contribution is -0.144. The van der Waals surface area contributed by atoms with Gasteiger partial charge in [-0.3, -0.25) is 9.59 Å². The summed E-state index contributed by atoms with van der Waals surface area (Å²) >= 11 is 0. The fourth-order valence-electron chi connectivity index (χ4n) is 3.13. The number of aromatic amines is 1. The maximum absolute atomic E-state index is 12.3. The third-order valence-corrected chi connectivity index (χ3v) is 4.45. The fourth-order valence-corrected chi connectivity index (χ4v) is 3.13. The number of aromatic nitrogens is 1. The number of carboxylic acids is 1. The highest BCUT2D eigenvalue weighted by Gasteiger charge is 2.23. The van der Waals surface area contributed by atoms with E-state index in [-0.39, 0.29) is 12.3 Å². The number of rotatable bonds is 8. The lowest BCUT2D eigenvalue weighted by Crippen LogP contribution is -2.33. The van der Waals surface area contributed by atoms with Crippen LogP contribution in [-0.2, 0) is 16.1 Å². The van der Waals surface area contributed by atoms with Crippen molar-refractivity contribution in [2.75, 3.05) is 18.9 Å². The number of hydrogen-bond acceptors (Lipinski definition) is 3. The minimum Gasteiger partial charge on any atom is -0.481 e. The smallest absolute Gasteiger partial charge is 0.308 e. The molecule has 2 aromatic carbocycles. The minimum absolute atomic E-state index is 0.0722. The summed E-state index contributed by atoms with van der Waals surface area (Å²) in [5, 5.41) is 13.4. The molecular formula is C21H23N3O3. The van der Waals surface area contributed by atoms with Crippen LogP contribution in [0.5, 0.6) is 0 Å². The average Bonchev–Trinajstić information content (AvgIpc) is 3.09. The Morgan fingerprint density at radius 2 is 1.93 bits per heavy atom. The van der Waals surface area contributed by atoms with Crippen LogP contribution in [0.4, 0.5) is 5.69 Å². The Hall–Kier alpha value is -3.12. The monoisotopic (exact) mass is 365 g/mol. The number of nitrogens with zero attached hydrogens (tertiary/aromatic N) is 1. The van der Waals surface area contributed by atoms with Crippen LogP contribution in [0.3, 0.4) is 0 Å². The second kappa shape index (κ2) is 8.51. The Kier molecular flexibility index (Phi) is 5.88. The normalized spacial score (nSPS) is 12.2. The topological polar surface area (TPSA) is 85.4 Å². The van der Waals surface area contributed by atoms with Gasteiger partial charge in [0, 0.05) is 36.9 Å². The lowest BCUT2D eigenvalue weighted by Gasteiger charge is -2.21. The SMILES string of the molecule is CN(Cc1ccccc1)CC(CC(=O)Nc1ccc2cc[nH]c2c1)C(=O)O. The quantitative estimate of drug-likeness (QED) is 0.572. The summed E-state index contributed by atoms with van der Waals surface area (Å²) in [6.07, 6.45) is 1.76. The number of anilines is 1. The molecule has 1 amide bonds. The Labute approximate surface area is 157 Å². The molecule has 6 nitrogen and oxygen atoms in total. The molecule has 1 aromatic heterocycles. The molecular weight excluding hydrogens is 342 g/mol. The lowest BCUT2D eigenvalue weighted by atomic mass is 10.0. The summed E-state index contributed by atoms with van der Waals surface area (Å²) in [6.45, 7) is 0.934. The molecule has 3 rings (SSSR count). The first-order chi connectivity index (χ1) is 13.0. The number of aliphatic carboxylic acids is 1. The first kappa shape index (κ1) is 18.7. The molecule has 3 N–H and O–H groups in total. The van der Waals surface area contributed by atoms with E-state index in [4.69, 9.17) is 0 Å². The Balaban J connectivity index is 1.57. The number of hydrogen-bond donors (Lipinski definition) is 3. The molecule has 6 heteroatoms. The third kappa shape index (κ3) is 5.18. The van der Waals surface area contributed by atoms with Gasteiger partial charge in [0.05, 0.1) is 5.92 Å². The molecule has 27 heavy (non-hydrogen) atoms. The summed E-state index contributed by atoms with van der Waals surface area (Å²) in [5.41, 5.74) is 2.68. The van der Waals surface area contributed by atoms with E-state index in [2.05, 4.69) is 10.3 Å². The van der Waals surface area contributed by atoms with E-state index in [0.717, 1.165) is 16.5 Å². The van der Waals surface area contributed by atoms with Crippen molar-refractivity contribution in [1.29, 1.82) is 0 Å². The number of carboxylic acid groups (broad SMARTS) is 1. The fraction of sp³-hybridized carbons (Fsp3) is 0.238. The van der Waals surface area contributed by atoms with Gasteiger partial charge in [0.2, 0.25) is 5.91 Å². The Bertz CT molecular complexity index is 921. The molecule has 0 fully saturated rings. The maximum atomic E-state index is 12.3. The van der Waals surface area contributed by atoms with Gasteiger partial charge < -0.3 is 20.3 Å². The molecule has 0 radical (unpaired) electrons. The van der Waals surface area contributed by atoms with Crippen LogP contribution in [0, 0.1) is 5.92 Å². The zero-order valence-electron chi connectivity index (χ0n) is 15.2. The second-order valence-electron chi connectivity index (χ2n) is 6.75. The van der Waals surface area contributed by atoms with E-state index >= 15 is 0 Å². The highest BCUT2D eigenvalue weighted by Crippen LogP contribution is 2.18. The molecule has 0 aliphatic heterocycles. The van der Waals surface area contributed by atoms with Crippen molar-refractivity contribution in [1.82, 2.24) is 9.88 Å². The zero-order chi connectivity index (χ0) is 19.2. The molecule has 3 aromatic rings. The van der Waals surface area contributed by atoms with Crippen LogP contribution in [-0.4, -0.2) is 40.5 Å². The van der Waals surface area contributed by atoms with E-state index in [1.54, 1.807) is 0 Å². The van der Waals surface area contributed by atoms with Gasteiger partial charge in [-0.05, 0) is 36.2 Å². The number of amides is 1. The largest absolute Gasteiger partial charge is 0.481 e. The average molecular weight is 365 g/mol. The molecule has 1 heterocycles. The number of H-pyrrole nitrogens is 1. The number of carbonyl (C=O) groups is 2. The van der Waals surface area contributed by atoms with Gasteiger partial charge in [-0.15, -0.1) is 0 Å². The number of nitrogens with one attached hydrogen (secondary N) is 2. The van der Waals surface area contributed by atoms with E-state index < -0.39 is 11.9 Å². The summed E-state index contributed by atoms with van der Waals surface area (Å²) in [4.78, 5) is 29.0. The predicted octanol–water partition coefficient (Wildman–Crippen LogP) is 3.33. The zero-order valence-corrected chi connectivity index (χ0v) is 15.2. The summed E-state index contributed by atoms with van der Waals surface area (Å²) < 4.78 is 0. The van der Waals surface area contributed by atoms with Crippen molar-refractivity contribution < 1.29 is 14.7 Å². The van der Waals surface area contributed by atoms with Crippen LogP contribution in [0.2, 0.25) is 0 Å². The Morgan fingerprint density at radius 3 is 2.67 bits per heavy atom. The van der Waals surface area contributed by atoms with Gasteiger partial charge in [0.15, 0.2) is 0 Å². The summed E-state index contributed by atoms with van der Waals surface area (Å²) in [7, 11) is 1.86. The first-order valence-corrected chi connectivity index (χ1v) is 8.83. The second-order valence-corrected chi connectivity index (χ2v) is 6.75. The molecule has 0 bridgehead atoms. The van der Waals surface area contributed by atoms with Crippen LogP contribution >= 0.6 is 0 Å². The molecule has 0 aliphatic carbocycles. The van der Waals surface area contributed by atoms with Crippen molar-refractivity contribution in [2.24, 2.45) is 5.92 Å². The number of benzene rings is 2. The summed E-state index contributed by atoms with van der Waals surface area (Å²) in [5.74, 6) is -2.04. The minimum atomic E-state index is -0.968. The van der Waals surface area contributed by atoms with E-state index in [9.17, 15) is 14.7 Å². The van der Waals surface area contributed by atoms with E-state index in [1.165, 1.54) is 0 Å². The molecule has 1 atom stereocenters. The van der Waals surface area contributed by atoms with Gasteiger partial charge in [-0.2, -0.15) is 0 Å². The number of carbonyl (C=O) groups excluding carboxylic acids is 1. The highest BCUT2D eigenvalue weighted by atomic mass is 16.4. The van der Waals surface area contributed by atoms with Crippen molar-refractivity contribution in [3.05, 3.63) is 66.4 Å². The maximum Gasteiger partial charge on any atom is 0.308 e. The number of fused-ring (bicyclic) bond motifs is 1. The first-order valence-electron chi connectivity index (χ1n) is 8.83. The van der Waals surface area contributed by atoms with Crippen molar-refractivity contribution >= 4 is 28.5 Å². The van der Waals surface area contributed by atoms with Gasteiger partial charge in [-0.25, -0.2) is 0 Å². The van der Waals surface area contributed by atoms with Crippen molar-refractivity contribution in [3.8, 4) is 0 Å².